The fraction of sp³-hybridized carbons (Fsp3) is 0.400. The van der Waals surface area contributed by atoms with Crippen molar-refractivity contribution in [3.63, 3.8) is 0 Å². The smallest absolute Gasteiger partial charge is 0.234 e. The van der Waals surface area contributed by atoms with Crippen LogP contribution in [-0.2, 0) is 17.9 Å². The van der Waals surface area contributed by atoms with Crippen LogP contribution in [0.5, 0.6) is 0 Å². The highest BCUT2D eigenvalue weighted by Gasteiger charge is 2.26. The Bertz CT molecular complexity index is 713. The number of nitrogens with one attached hydrogen (secondary N) is 1. The summed E-state index contributed by atoms with van der Waals surface area (Å²) in [5.41, 5.74) is 0.938. The molecule has 26 heavy (non-hydrogen) atoms. The lowest BCUT2D eigenvalue weighted by molar-refractivity contribution is -0.123. The van der Waals surface area contributed by atoms with Crippen LogP contribution < -0.4 is 5.32 Å². The van der Waals surface area contributed by atoms with Gasteiger partial charge in [-0.15, -0.1) is 0 Å². The molecule has 0 saturated heterocycles. The summed E-state index contributed by atoms with van der Waals surface area (Å²) in [6.07, 6.45) is 7.44. The first kappa shape index (κ1) is 18.5. The predicted molar refractivity (Wildman–Crippen MR) is 95.1 cm³/mol. The number of nitrogens with zero attached hydrogens (tertiary/aromatic N) is 2. The van der Waals surface area contributed by atoms with Crippen LogP contribution in [0.1, 0.15) is 36.8 Å². The van der Waals surface area contributed by atoms with Gasteiger partial charge in [-0.05, 0) is 36.6 Å². The summed E-state index contributed by atoms with van der Waals surface area (Å²) in [5, 5.41) is 2.86. The normalized spacial score (nSPS) is 14.7. The van der Waals surface area contributed by atoms with E-state index in [1.54, 1.807) is 12.4 Å². The van der Waals surface area contributed by atoms with E-state index in [4.69, 9.17) is 0 Å². The number of pyridine rings is 1. The zero-order chi connectivity index (χ0) is 18.4. The number of halogens is 2. The molecule has 0 spiro atoms. The van der Waals surface area contributed by atoms with Gasteiger partial charge < -0.3 is 5.32 Å². The van der Waals surface area contributed by atoms with Crippen LogP contribution in [-0.4, -0.2) is 28.4 Å². The molecule has 1 aliphatic rings. The van der Waals surface area contributed by atoms with E-state index in [0.717, 1.165) is 31.2 Å². The third kappa shape index (κ3) is 4.85. The Morgan fingerprint density at radius 2 is 1.88 bits per heavy atom. The zero-order valence-corrected chi connectivity index (χ0v) is 14.6. The molecule has 4 nitrogen and oxygen atoms in total. The van der Waals surface area contributed by atoms with Crippen molar-refractivity contribution in [2.45, 2.75) is 44.8 Å². The van der Waals surface area contributed by atoms with Crippen molar-refractivity contribution >= 4 is 5.91 Å². The van der Waals surface area contributed by atoms with Gasteiger partial charge in [-0.2, -0.15) is 0 Å². The van der Waals surface area contributed by atoms with Crippen LogP contribution in [0.15, 0.2) is 42.7 Å². The standard InChI is InChI=1S/C20H23F2N3O/c21-18-8-3-9-19(22)17(18)13-25(16-6-1-2-7-16)14-20(26)24-12-15-5-4-10-23-11-15/h3-5,8-11,16H,1-2,6-7,12-14H2,(H,24,26). The molecule has 1 amide bonds. The van der Waals surface area contributed by atoms with Crippen molar-refractivity contribution < 1.29 is 13.6 Å². The van der Waals surface area contributed by atoms with Gasteiger partial charge in [0.25, 0.3) is 0 Å². The van der Waals surface area contributed by atoms with Crippen LogP contribution in [0, 0.1) is 11.6 Å². The highest BCUT2D eigenvalue weighted by molar-refractivity contribution is 5.78. The minimum atomic E-state index is -0.566. The number of benzene rings is 1. The van der Waals surface area contributed by atoms with E-state index in [-0.39, 0.29) is 30.6 Å². The Balaban J connectivity index is 1.65. The topological polar surface area (TPSA) is 45.2 Å². The number of rotatable bonds is 7. The van der Waals surface area contributed by atoms with E-state index >= 15 is 0 Å². The molecule has 3 rings (SSSR count). The van der Waals surface area contributed by atoms with Crippen LogP contribution in [0.25, 0.3) is 0 Å². The molecule has 1 fully saturated rings. The number of aromatic nitrogens is 1. The molecule has 6 heteroatoms. The molecule has 0 bridgehead atoms. The summed E-state index contributed by atoms with van der Waals surface area (Å²) in [5.74, 6) is -1.29. The van der Waals surface area contributed by atoms with Crippen molar-refractivity contribution in [3.05, 3.63) is 65.5 Å². The Morgan fingerprint density at radius 1 is 1.15 bits per heavy atom. The van der Waals surface area contributed by atoms with E-state index in [1.807, 2.05) is 17.0 Å². The minimum Gasteiger partial charge on any atom is -0.351 e. The first-order valence-electron chi connectivity index (χ1n) is 8.96. The molecule has 2 aromatic rings. The molecule has 1 N–H and O–H groups in total. The second-order valence-corrected chi connectivity index (χ2v) is 6.68. The average Bonchev–Trinajstić information content (AvgIpc) is 3.18. The maximum absolute atomic E-state index is 14.0. The highest BCUT2D eigenvalue weighted by atomic mass is 19.1. The molecule has 1 saturated carbocycles. The first-order valence-corrected chi connectivity index (χ1v) is 8.96. The summed E-state index contributed by atoms with van der Waals surface area (Å²) in [7, 11) is 0. The third-order valence-electron chi connectivity index (χ3n) is 4.82. The molecule has 0 radical (unpaired) electrons. The van der Waals surface area contributed by atoms with Gasteiger partial charge in [-0.25, -0.2) is 8.78 Å². The molecule has 1 aromatic carbocycles. The van der Waals surface area contributed by atoms with E-state index < -0.39 is 11.6 Å². The largest absolute Gasteiger partial charge is 0.351 e. The Kier molecular flexibility index (Phi) is 6.28. The van der Waals surface area contributed by atoms with Gasteiger partial charge >= 0.3 is 0 Å². The summed E-state index contributed by atoms with van der Waals surface area (Å²) in [6, 6.07) is 7.75. The van der Waals surface area contributed by atoms with E-state index in [2.05, 4.69) is 10.3 Å². The monoisotopic (exact) mass is 359 g/mol. The Labute approximate surface area is 152 Å². The summed E-state index contributed by atoms with van der Waals surface area (Å²) < 4.78 is 28.1. The first-order chi connectivity index (χ1) is 12.6. The highest BCUT2D eigenvalue weighted by Crippen LogP contribution is 2.26. The van der Waals surface area contributed by atoms with Gasteiger partial charge in [-0.3, -0.25) is 14.7 Å². The number of hydrogen-bond acceptors (Lipinski definition) is 3. The quantitative estimate of drug-likeness (QED) is 0.824. The van der Waals surface area contributed by atoms with E-state index in [1.165, 1.54) is 18.2 Å². The number of carbonyl (C=O) groups is 1. The molecular weight excluding hydrogens is 336 g/mol. The van der Waals surface area contributed by atoms with Gasteiger partial charge in [0.05, 0.1) is 6.54 Å². The van der Waals surface area contributed by atoms with Gasteiger partial charge in [0.2, 0.25) is 5.91 Å². The second-order valence-electron chi connectivity index (χ2n) is 6.68. The Morgan fingerprint density at radius 3 is 2.54 bits per heavy atom. The predicted octanol–water partition coefficient (Wildman–Crippen LogP) is 3.42. The number of hydrogen-bond donors (Lipinski definition) is 1. The molecule has 0 unspecified atom stereocenters. The average molecular weight is 359 g/mol. The van der Waals surface area contributed by atoms with E-state index in [0.29, 0.717) is 6.54 Å². The summed E-state index contributed by atoms with van der Waals surface area (Å²) in [6.45, 7) is 0.613. The maximum Gasteiger partial charge on any atom is 0.234 e. The summed E-state index contributed by atoms with van der Waals surface area (Å²) >= 11 is 0. The lowest BCUT2D eigenvalue weighted by atomic mass is 10.1. The van der Waals surface area contributed by atoms with Crippen molar-refractivity contribution in [2.75, 3.05) is 6.54 Å². The van der Waals surface area contributed by atoms with Gasteiger partial charge in [0.15, 0.2) is 0 Å². The van der Waals surface area contributed by atoms with Crippen LogP contribution >= 0.6 is 0 Å². The molecule has 1 aromatic heterocycles. The third-order valence-corrected chi connectivity index (χ3v) is 4.82. The number of amides is 1. The van der Waals surface area contributed by atoms with Gasteiger partial charge in [-0.1, -0.05) is 25.0 Å². The van der Waals surface area contributed by atoms with Gasteiger partial charge in [0, 0.05) is 37.1 Å². The molecule has 1 heterocycles. The van der Waals surface area contributed by atoms with Crippen molar-refractivity contribution in [3.8, 4) is 0 Å². The Hall–Kier alpha value is -2.34. The lowest BCUT2D eigenvalue weighted by Crippen LogP contribution is -2.41. The van der Waals surface area contributed by atoms with E-state index in [9.17, 15) is 13.6 Å². The maximum atomic E-state index is 14.0. The number of carbonyl (C=O) groups excluding carboxylic acids is 1. The summed E-state index contributed by atoms with van der Waals surface area (Å²) in [4.78, 5) is 18.3. The second kappa shape index (κ2) is 8.85. The van der Waals surface area contributed by atoms with Crippen molar-refractivity contribution in [1.29, 1.82) is 0 Å². The van der Waals surface area contributed by atoms with Crippen LogP contribution in [0.3, 0.4) is 0 Å². The molecule has 138 valence electrons. The fourth-order valence-corrected chi connectivity index (χ4v) is 3.41. The molecule has 1 aliphatic carbocycles. The van der Waals surface area contributed by atoms with Crippen molar-refractivity contribution in [2.24, 2.45) is 0 Å². The van der Waals surface area contributed by atoms with Crippen LogP contribution in [0.2, 0.25) is 0 Å². The minimum absolute atomic E-state index is 0.0273. The van der Waals surface area contributed by atoms with Crippen molar-refractivity contribution in [1.82, 2.24) is 15.2 Å². The fourth-order valence-electron chi connectivity index (χ4n) is 3.41. The lowest BCUT2D eigenvalue weighted by Gasteiger charge is -2.28. The van der Waals surface area contributed by atoms with Gasteiger partial charge in [0.1, 0.15) is 11.6 Å². The molecule has 0 atom stereocenters. The SMILES string of the molecule is O=C(CN(Cc1c(F)cccc1F)C1CCCC1)NCc1cccnc1. The van der Waals surface area contributed by atoms with Crippen LogP contribution in [0.4, 0.5) is 8.78 Å². The molecular formula is C20H23F2N3O. The molecule has 0 aliphatic heterocycles. The zero-order valence-electron chi connectivity index (χ0n) is 14.6.